The quantitative estimate of drug-likeness (QED) is 0.567. The SMILES string of the molecule is CC(C)=C1[C@@H]2C=C[C@@H]1[C@@H]1C(=O)N(c3cccc(Br)c3)C(=O)[C@H]12. The number of benzene rings is 1. The molecule has 2 fully saturated rings. The van der Waals surface area contributed by atoms with E-state index in [1.54, 1.807) is 0 Å². The molecule has 112 valence electrons. The number of carbonyl (C=O) groups excluding carboxylic acids is 2. The van der Waals surface area contributed by atoms with Gasteiger partial charge in [0.15, 0.2) is 0 Å². The van der Waals surface area contributed by atoms with Crippen molar-refractivity contribution >= 4 is 33.4 Å². The monoisotopic (exact) mass is 357 g/mol. The lowest BCUT2D eigenvalue weighted by molar-refractivity contribution is -0.122. The van der Waals surface area contributed by atoms with Crippen LogP contribution in [0.1, 0.15) is 13.8 Å². The number of rotatable bonds is 1. The molecular formula is C18H16BrNO2. The Kier molecular flexibility index (Phi) is 2.95. The molecule has 2 bridgehead atoms. The number of hydrogen-bond acceptors (Lipinski definition) is 2. The minimum absolute atomic E-state index is 0.0521. The van der Waals surface area contributed by atoms with Crippen LogP contribution in [0.5, 0.6) is 0 Å². The fourth-order valence-electron chi connectivity index (χ4n) is 4.30. The molecule has 0 radical (unpaired) electrons. The maximum Gasteiger partial charge on any atom is 0.238 e. The van der Waals surface area contributed by atoms with Crippen molar-refractivity contribution in [2.24, 2.45) is 23.7 Å². The van der Waals surface area contributed by atoms with Gasteiger partial charge >= 0.3 is 0 Å². The Morgan fingerprint density at radius 3 is 2.14 bits per heavy atom. The molecule has 22 heavy (non-hydrogen) atoms. The molecule has 2 amide bonds. The van der Waals surface area contributed by atoms with Crippen LogP contribution in [0.25, 0.3) is 0 Å². The summed E-state index contributed by atoms with van der Waals surface area (Å²) in [5.41, 5.74) is 3.19. The first kappa shape index (κ1) is 13.9. The van der Waals surface area contributed by atoms with Gasteiger partial charge in [-0.15, -0.1) is 0 Å². The summed E-state index contributed by atoms with van der Waals surface area (Å²) in [5, 5.41) is 0. The molecule has 1 aliphatic heterocycles. The number of amides is 2. The van der Waals surface area contributed by atoms with Gasteiger partial charge in [-0.2, -0.15) is 0 Å². The van der Waals surface area contributed by atoms with E-state index in [4.69, 9.17) is 0 Å². The van der Waals surface area contributed by atoms with Crippen LogP contribution in [-0.4, -0.2) is 11.8 Å². The topological polar surface area (TPSA) is 37.4 Å². The van der Waals surface area contributed by atoms with Crippen LogP contribution in [0.2, 0.25) is 0 Å². The molecule has 3 aliphatic rings. The Labute approximate surface area is 137 Å². The number of carbonyl (C=O) groups is 2. The minimum Gasteiger partial charge on any atom is -0.274 e. The van der Waals surface area contributed by atoms with Crippen molar-refractivity contribution in [3.05, 3.63) is 52.0 Å². The molecule has 0 spiro atoms. The Balaban J connectivity index is 1.78. The Bertz CT molecular complexity index is 726. The molecular weight excluding hydrogens is 342 g/mol. The molecule has 4 rings (SSSR count). The normalized spacial score (nSPS) is 32.1. The van der Waals surface area contributed by atoms with Gasteiger partial charge in [0.05, 0.1) is 17.5 Å². The first-order valence-corrected chi connectivity index (χ1v) is 8.29. The first-order valence-electron chi connectivity index (χ1n) is 7.49. The van der Waals surface area contributed by atoms with E-state index in [-0.39, 0.29) is 35.5 Å². The minimum atomic E-state index is -0.216. The lowest BCUT2D eigenvalue weighted by Crippen LogP contribution is -2.33. The van der Waals surface area contributed by atoms with Gasteiger partial charge in [0.1, 0.15) is 0 Å². The number of nitrogens with zero attached hydrogens (tertiary/aromatic N) is 1. The average molecular weight is 358 g/mol. The van der Waals surface area contributed by atoms with Crippen LogP contribution in [0.4, 0.5) is 5.69 Å². The largest absolute Gasteiger partial charge is 0.274 e. The second-order valence-corrected chi connectivity index (χ2v) is 7.35. The van der Waals surface area contributed by atoms with Crippen LogP contribution < -0.4 is 4.90 Å². The standard InChI is InChI=1S/C18H16BrNO2/c1-9(2)14-12-6-7-13(14)16-15(12)17(21)20(18(16)22)11-5-3-4-10(19)8-11/h3-8,12-13,15-16H,1-2H3/t12-,13-,15-,16-/m0/s1. The van der Waals surface area contributed by atoms with Crippen molar-refractivity contribution in [2.75, 3.05) is 4.90 Å². The molecule has 3 nitrogen and oxygen atoms in total. The summed E-state index contributed by atoms with van der Waals surface area (Å²) < 4.78 is 0.869. The number of imide groups is 1. The highest BCUT2D eigenvalue weighted by atomic mass is 79.9. The van der Waals surface area contributed by atoms with Gasteiger partial charge in [-0.05, 0) is 32.0 Å². The van der Waals surface area contributed by atoms with Crippen LogP contribution in [0.15, 0.2) is 52.0 Å². The van der Waals surface area contributed by atoms with E-state index in [0.717, 1.165) is 4.47 Å². The maximum atomic E-state index is 12.9. The smallest absolute Gasteiger partial charge is 0.238 e. The van der Waals surface area contributed by atoms with Crippen molar-refractivity contribution in [1.29, 1.82) is 0 Å². The zero-order valence-electron chi connectivity index (χ0n) is 12.4. The van der Waals surface area contributed by atoms with Gasteiger partial charge in [-0.3, -0.25) is 9.59 Å². The van der Waals surface area contributed by atoms with Gasteiger partial charge in [-0.25, -0.2) is 4.90 Å². The van der Waals surface area contributed by atoms with Crippen LogP contribution in [0.3, 0.4) is 0 Å². The zero-order chi connectivity index (χ0) is 15.6. The van der Waals surface area contributed by atoms with Gasteiger partial charge in [-0.1, -0.05) is 45.3 Å². The number of anilines is 1. The van der Waals surface area contributed by atoms with E-state index in [2.05, 4.69) is 41.9 Å². The molecule has 1 aromatic carbocycles. The summed E-state index contributed by atoms with van der Waals surface area (Å²) in [6, 6.07) is 7.39. The van der Waals surface area contributed by atoms with E-state index in [9.17, 15) is 9.59 Å². The Morgan fingerprint density at radius 2 is 1.64 bits per heavy atom. The average Bonchev–Trinajstić information content (AvgIpc) is 3.09. The summed E-state index contributed by atoms with van der Waals surface area (Å²) in [4.78, 5) is 27.2. The lowest BCUT2D eigenvalue weighted by Gasteiger charge is -2.19. The van der Waals surface area contributed by atoms with Crippen LogP contribution >= 0.6 is 15.9 Å². The molecule has 1 saturated carbocycles. The molecule has 0 unspecified atom stereocenters. The number of allylic oxidation sites excluding steroid dienone is 4. The first-order chi connectivity index (χ1) is 10.5. The molecule has 1 aromatic rings. The third-order valence-electron chi connectivity index (χ3n) is 5.06. The van der Waals surface area contributed by atoms with Crippen molar-refractivity contribution in [3.8, 4) is 0 Å². The highest BCUT2D eigenvalue weighted by Gasteiger charge is 2.61. The molecule has 0 aromatic heterocycles. The molecule has 2 aliphatic carbocycles. The van der Waals surface area contributed by atoms with Crippen molar-refractivity contribution in [3.63, 3.8) is 0 Å². The van der Waals surface area contributed by atoms with E-state index >= 15 is 0 Å². The molecule has 1 saturated heterocycles. The van der Waals surface area contributed by atoms with E-state index in [1.807, 2.05) is 24.3 Å². The van der Waals surface area contributed by atoms with Gasteiger partial charge in [0.2, 0.25) is 11.8 Å². The van der Waals surface area contributed by atoms with E-state index in [1.165, 1.54) is 16.0 Å². The van der Waals surface area contributed by atoms with Gasteiger partial charge in [0, 0.05) is 16.3 Å². The van der Waals surface area contributed by atoms with Crippen molar-refractivity contribution in [1.82, 2.24) is 0 Å². The predicted molar refractivity (Wildman–Crippen MR) is 88.1 cm³/mol. The molecule has 0 N–H and O–H groups in total. The van der Waals surface area contributed by atoms with E-state index in [0.29, 0.717) is 5.69 Å². The second-order valence-electron chi connectivity index (χ2n) is 6.44. The van der Waals surface area contributed by atoms with Crippen molar-refractivity contribution in [2.45, 2.75) is 13.8 Å². The number of halogens is 1. The lowest BCUT2D eigenvalue weighted by atomic mass is 9.85. The number of hydrogen-bond donors (Lipinski definition) is 0. The molecule has 4 atom stereocenters. The highest BCUT2D eigenvalue weighted by Crippen LogP contribution is 2.57. The summed E-state index contributed by atoms with van der Waals surface area (Å²) in [7, 11) is 0. The number of fused-ring (bicyclic) bond motifs is 5. The fraction of sp³-hybridized carbons (Fsp3) is 0.333. The Hall–Kier alpha value is -1.68. The maximum absolute atomic E-state index is 12.9. The third kappa shape index (κ3) is 1.67. The fourth-order valence-corrected chi connectivity index (χ4v) is 4.69. The van der Waals surface area contributed by atoms with Crippen molar-refractivity contribution < 1.29 is 9.59 Å². The van der Waals surface area contributed by atoms with Crippen LogP contribution in [-0.2, 0) is 9.59 Å². The predicted octanol–water partition coefficient (Wildman–Crippen LogP) is 3.71. The summed E-state index contributed by atoms with van der Waals surface area (Å²) >= 11 is 3.41. The second kappa shape index (κ2) is 4.66. The van der Waals surface area contributed by atoms with E-state index < -0.39 is 0 Å². The van der Waals surface area contributed by atoms with Gasteiger partial charge < -0.3 is 0 Å². The molecule has 1 heterocycles. The highest BCUT2D eigenvalue weighted by molar-refractivity contribution is 9.10. The zero-order valence-corrected chi connectivity index (χ0v) is 14.0. The Morgan fingerprint density at radius 1 is 1.05 bits per heavy atom. The summed E-state index contributed by atoms with van der Waals surface area (Å²) in [6.07, 6.45) is 4.23. The molecule has 4 heteroatoms. The van der Waals surface area contributed by atoms with Gasteiger partial charge in [0.25, 0.3) is 0 Å². The third-order valence-corrected chi connectivity index (χ3v) is 5.55. The van der Waals surface area contributed by atoms with Crippen LogP contribution in [0, 0.1) is 23.7 Å². The summed E-state index contributed by atoms with van der Waals surface area (Å²) in [5.74, 6) is -0.327. The summed E-state index contributed by atoms with van der Waals surface area (Å²) in [6.45, 7) is 4.15.